The summed E-state index contributed by atoms with van der Waals surface area (Å²) in [5.41, 5.74) is -0.310. The average molecular weight is 221 g/mol. The molecule has 2 rings (SSSR count). The van der Waals surface area contributed by atoms with Crippen molar-refractivity contribution in [3.63, 3.8) is 0 Å². The Morgan fingerprint density at radius 1 is 1.38 bits per heavy atom. The molecule has 0 aliphatic rings. The van der Waals surface area contributed by atoms with E-state index in [-0.39, 0.29) is 17.9 Å². The fourth-order valence-electron chi connectivity index (χ4n) is 1.46. The van der Waals surface area contributed by atoms with E-state index in [4.69, 9.17) is 9.52 Å². The molecule has 16 heavy (non-hydrogen) atoms. The summed E-state index contributed by atoms with van der Waals surface area (Å²) in [5.74, 6) is 0. The van der Waals surface area contributed by atoms with Gasteiger partial charge in [0, 0.05) is 17.5 Å². The van der Waals surface area contributed by atoms with E-state index in [0.717, 1.165) is 12.1 Å². The highest BCUT2D eigenvalue weighted by atomic mass is 16.6. The molecule has 0 spiro atoms. The highest BCUT2D eigenvalue weighted by molar-refractivity contribution is 5.82. The fraction of sp³-hybridized carbons (Fsp3) is 0.100. The number of nitrogens with zero attached hydrogens (tertiary/aromatic N) is 1. The number of aliphatic hydroxyl groups excluding tert-OH is 1. The number of hydrogen-bond donors (Lipinski definition) is 1. The van der Waals surface area contributed by atoms with Crippen molar-refractivity contribution in [3.8, 4) is 0 Å². The molecule has 1 N–H and O–H groups in total. The topological polar surface area (TPSA) is 93.6 Å². The largest absolute Gasteiger partial charge is 0.422 e. The van der Waals surface area contributed by atoms with Gasteiger partial charge in [0.2, 0.25) is 0 Å². The van der Waals surface area contributed by atoms with Crippen molar-refractivity contribution in [1.29, 1.82) is 0 Å². The molecule has 0 aliphatic carbocycles. The molecule has 1 heterocycles. The smallest absolute Gasteiger partial charge is 0.336 e. The van der Waals surface area contributed by atoms with Crippen molar-refractivity contribution >= 4 is 16.7 Å². The van der Waals surface area contributed by atoms with Crippen LogP contribution in [0.1, 0.15) is 5.56 Å². The van der Waals surface area contributed by atoms with Crippen molar-refractivity contribution in [2.45, 2.75) is 6.61 Å². The first-order chi connectivity index (χ1) is 7.61. The Bertz CT molecular complexity index is 616. The molecule has 0 saturated carbocycles. The minimum atomic E-state index is -0.642. The minimum absolute atomic E-state index is 0.103. The van der Waals surface area contributed by atoms with E-state index in [2.05, 4.69) is 0 Å². The van der Waals surface area contributed by atoms with Gasteiger partial charge in [0.15, 0.2) is 0 Å². The van der Waals surface area contributed by atoms with Crippen LogP contribution in [0.4, 0.5) is 5.69 Å². The molecule has 6 nitrogen and oxygen atoms in total. The minimum Gasteiger partial charge on any atom is -0.422 e. The zero-order valence-electron chi connectivity index (χ0n) is 8.04. The lowest BCUT2D eigenvalue weighted by molar-refractivity contribution is -0.384. The van der Waals surface area contributed by atoms with Gasteiger partial charge in [-0.05, 0) is 11.6 Å². The Morgan fingerprint density at radius 2 is 2.12 bits per heavy atom. The molecule has 0 amide bonds. The lowest BCUT2D eigenvalue weighted by atomic mass is 10.1. The van der Waals surface area contributed by atoms with Crippen molar-refractivity contribution < 1.29 is 14.4 Å². The molecule has 1 aromatic heterocycles. The van der Waals surface area contributed by atoms with Crippen molar-refractivity contribution in [1.82, 2.24) is 0 Å². The maximum atomic E-state index is 11.1. The van der Waals surface area contributed by atoms with E-state index in [0.29, 0.717) is 10.9 Å². The second-order valence-corrected chi connectivity index (χ2v) is 3.19. The molecule has 0 bridgehead atoms. The molecular formula is C10H7NO5. The third-order valence-corrected chi connectivity index (χ3v) is 2.19. The van der Waals surface area contributed by atoms with E-state index in [1.807, 2.05) is 0 Å². The lowest BCUT2D eigenvalue weighted by Gasteiger charge is -2.01. The van der Waals surface area contributed by atoms with E-state index in [1.165, 1.54) is 12.1 Å². The summed E-state index contributed by atoms with van der Waals surface area (Å²) in [4.78, 5) is 21.0. The van der Waals surface area contributed by atoms with Gasteiger partial charge in [-0.3, -0.25) is 10.1 Å². The van der Waals surface area contributed by atoms with Crippen LogP contribution in [0.5, 0.6) is 0 Å². The Kier molecular flexibility index (Phi) is 2.41. The SMILES string of the molecule is O=c1cc(CO)c2ccc([N+](=O)[O-])cc2o1. The van der Waals surface area contributed by atoms with Crippen LogP contribution in [0.25, 0.3) is 11.0 Å². The molecule has 0 aliphatic heterocycles. The van der Waals surface area contributed by atoms with E-state index in [9.17, 15) is 14.9 Å². The number of non-ortho nitro benzene ring substituents is 1. The summed E-state index contributed by atoms with van der Waals surface area (Å²) >= 11 is 0. The summed E-state index contributed by atoms with van der Waals surface area (Å²) in [5, 5.41) is 20.0. The third kappa shape index (κ3) is 1.66. The van der Waals surface area contributed by atoms with E-state index >= 15 is 0 Å². The monoisotopic (exact) mass is 221 g/mol. The average Bonchev–Trinajstić information content (AvgIpc) is 2.26. The summed E-state index contributed by atoms with van der Waals surface area (Å²) in [7, 11) is 0. The molecule has 6 heteroatoms. The summed E-state index contributed by atoms with van der Waals surface area (Å²) in [6.07, 6.45) is 0. The molecule has 1 aromatic carbocycles. The van der Waals surface area contributed by atoms with Gasteiger partial charge in [-0.2, -0.15) is 0 Å². The maximum Gasteiger partial charge on any atom is 0.336 e. The standard InChI is InChI=1S/C10H7NO5/c12-5-6-3-10(13)16-9-4-7(11(14)15)1-2-8(6)9/h1-4,12H,5H2. The van der Waals surface area contributed by atoms with Gasteiger partial charge >= 0.3 is 5.63 Å². The first kappa shape index (κ1) is 10.3. The van der Waals surface area contributed by atoms with Gasteiger partial charge in [-0.1, -0.05) is 0 Å². The van der Waals surface area contributed by atoms with Gasteiger partial charge in [0.1, 0.15) is 5.58 Å². The van der Waals surface area contributed by atoms with Gasteiger partial charge in [0.05, 0.1) is 17.6 Å². The predicted molar refractivity (Wildman–Crippen MR) is 55.1 cm³/mol. The third-order valence-electron chi connectivity index (χ3n) is 2.19. The predicted octanol–water partition coefficient (Wildman–Crippen LogP) is 1.19. The van der Waals surface area contributed by atoms with Crippen molar-refractivity contribution in [2.24, 2.45) is 0 Å². The lowest BCUT2D eigenvalue weighted by Crippen LogP contribution is -2.00. The van der Waals surface area contributed by atoms with E-state index in [1.54, 1.807) is 0 Å². The van der Waals surface area contributed by atoms with Gasteiger partial charge in [0.25, 0.3) is 5.69 Å². The van der Waals surface area contributed by atoms with Gasteiger partial charge in [-0.15, -0.1) is 0 Å². The van der Waals surface area contributed by atoms with Crippen LogP contribution >= 0.6 is 0 Å². The summed E-state index contributed by atoms with van der Waals surface area (Å²) in [6.45, 7) is -0.320. The number of fused-ring (bicyclic) bond motifs is 1. The molecule has 2 aromatic rings. The van der Waals surface area contributed by atoms with Crippen LogP contribution in [-0.4, -0.2) is 10.0 Å². The second-order valence-electron chi connectivity index (χ2n) is 3.19. The molecule has 0 radical (unpaired) electrons. The molecule has 82 valence electrons. The Labute approximate surface area is 88.9 Å². The second kappa shape index (κ2) is 3.74. The number of nitro groups is 1. The fourth-order valence-corrected chi connectivity index (χ4v) is 1.46. The number of benzene rings is 1. The van der Waals surface area contributed by atoms with Crippen LogP contribution in [0.3, 0.4) is 0 Å². The van der Waals surface area contributed by atoms with Crippen LogP contribution < -0.4 is 5.63 Å². The molecular weight excluding hydrogens is 214 g/mol. The molecule has 0 atom stereocenters. The number of nitro benzene ring substituents is 1. The zero-order valence-corrected chi connectivity index (χ0v) is 8.04. The normalized spacial score (nSPS) is 10.6. The highest BCUT2D eigenvalue weighted by Crippen LogP contribution is 2.22. The summed E-state index contributed by atoms with van der Waals surface area (Å²) < 4.78 is 4.82. The first-order valence-electron chi connectivity index (χ1n) is 4.44. The Morgan fingerprint density at radius 3 is 2.75 bits per heavy atom. The van der Waals surface area contributed by atoms with Crippen molar-refractivity contribution in [3.05, 3.63) is 50.4 Å². The maximum absolute atomic E-state index is 11.1. The highest BCUT2D eigenvalue weighted by Gasteiger charge is 2.10. The van der Waals surface area contributed by atoms with Crippen LogP contribution in [0, 0.1) is 10.1 Å². The first-order valence-corrected chi connectivity index (χ1v) is 4.44. The molecule has 0 unspecified atom stereocenters. The van der Waals surface area contributed by atoms with Crippen LogP contribution in [0.2, 0.25) is 0 Å². The summed E-state index contributed by atoms with van der Waals surface area (Å²) in [6, 6.07) is 5.06. The number of hydrogen-bond acceptors (Lipinski definition) is 5. The van der Waals surface area contributed by atoms with Crippen molar-refractivity contribution in [2.75, 3.05) is 0 Å². The van der Waals surface area contributed by atoms with Crippen LogP contribution in [0.15, 0.2) is 33.5 Å². The molecule has 0 fully saturated rings. The van der Waals surface area contributed by atoms with Gasteiger partial charge in [-0.25, -0.2) is 4.79 Å². The van der Waals surface area contributed by atoms with E-state index < -0.39 is 10.5 Å². The number of aliphatic hydroxyl groups is 1. The van der Waals surface area contributed by atoms with Crippen LogP contribution in [-0.2, 0) is 6.61 Å². The Balaban J connectivity index is 2.79. The quantitative estimate of drug-likeness (QED) is 0.467. The zero-order chi connectivity index (χ0) is 11.7. The Hall–Kier alpha value is -2.21. The van der Waals surface area contributed by atoms with Gasteiger partial charge < -0.3 is 9.52 Å². The number of rotatable bonds is 2. The molecule has 0 saturated heterocycles.